The topological polar surface area (TPSA) is 15.3 Å². The highest BCUT2D eigenvalue weighted by Crippen LogP contribution is 2.31. The molecule has 116 valence electrons. The van der Waals surface area contributed by atoms with Crippen molar-refractivity contribution in [2.24, 2.45) is 5.92 Å². The first-order valence-corrected chi connectivity index (χ1v) is 8.42. The number of rotatable bonds is 2. The van der Waals surface area contributed by atoms with Crippen LogP contribution in [0.4, 0.5) is 10.1 Å². The molecule has 1 aliphatic heterocycles. The standard InChI is InChI=1S/C18H27FN2/c1-13-11-20-17(15-7-4-3-5-8-15)12-21(13)18-10-6-9-16(19)14(18)2/h6,9-10,13,15,17,20H,3-5,7-8,11-12H2,1-2H3. The van der Waals surface area contributed by atoms with Gasteiger partial charge < -0.3 is 10.2 Å². The van der Waals surface area contributed by atoms with E-state index >= 15 is 0 Å². The van der Waals surface area contributed by atoms with Crippen molar-refractivity contribution in [2.45, 2.75) is 58.0 Å². The van der Waals surface area contributed by atoms with Gasteiger partial charge in [-0.1, -0.05) is 25.3 Å². The van der Waals surface area contributed by atoms with Gasteiger partial charge in [-0.2, -0.15) is 0 Å². The van der Waals surface area contributed by atoms with Crippen LogP contribution in [-0.4, -0.2) is 25.2 Å². The summed E-state index contributed by atoms with van der Waals surface area (Å²) >= 11 is 0. The van der Waals surface area contributed by atoms with Gasteiger partial charge in [0.05, 0.1) is 0 Å². The van der Waals surface area contributed by atoms with Gasteiger partial charge in [-0.3, -0.25) is 0 Å². The molecule has 1 saturated carbocycles. The highest BCUT2D eigenvalue weighted by Gasteiger charge is 2.31. The average molecular weight is 290 g/mol. The number of hydrogen-bond acceptors (Lipinski definition) is 2. The van der Waals surface area contributed by atoms with Crippen molar-refractivity contribution in [3.8, 4) is 0 Å². The highest BCUT2D eigenvalue weighted by molar-refractivity contribution is 5.55. The molecule has 1 aliphatic carbocycles. The quantitative estimate of drug-likeness (QED) is 0.889. The maximum atomic E-state index is 13.9. The SMILES string of the molecule is Cc1c(F)cccc1N1CC(C2CCCCC2)NCC1C. The Bertz CT molecular complexity index is 482. The van der Waals surface area contributed by atoms with Gasteiger partial charge in [-0.25, -0.2) is 4.39 Å². The smallest absolute Gasteiger partial charge is 0.128 e. The fourth-order valence-corrected chi connectivity index (χ4v) is 3.98. The van der Waals surface area contributed by atoms with E-state index in [0.717, 1.165) is 30.3 Å². The van der Waals surface area contributed by atoms with Crippen LogP contribution in [0.25, 0.3) is 0 Å². The second kappa shape index (κ2) is 6.35. The largest absolute Gasteiger partial charge is 0.366 e. The first kappa shape index (κ1) is 14.8. The van der Waals surface area contributed by atoms with Gasteiger partial charge in [-0.15, -0.1) is 0 Å². The van der Waals surface area contributed by atoms with Gasteiger partial charge in [0, 0.05) is 36.4 Å². The normalized spacial score (nSPS) is 27.9. The third-order valence-corrected chi connectivity index (χ3v) is 5.37. The third-order valence-electron chi connectivity index (χ3n) is 5.37. The maximum Gasteiger partial charge on any atom is 0.128 e. The van der Waals surface area contributed by atoms with Crippen LogP contribution in [0, 0.1) is 18.7 Å². The molecule has 0 amide bonds. The summed E-state index contributed by atoms with van der Waals surface area (Å²) in [7, 11) is 0. The van der Waals surface area contributed by atoms with E-state index in [1.54, 1.807) is 6.07 Å². The van der Waals surface area contributed by atoms with Crippen molar-refractivity contribution in [2.75, 3.05) is 18.0 Å². The zero-order valence-corrected chi connectivity index (χ0v) is 13.2. The first-order valence-electron chi connectivity index (χ1n) is 8.42. The van der Waals surface area contributed by atoms with Crippen LogP contribution in [0.15, 0.2) is 18.2 Å². The van der Waals surface area contributed by atoms with Crippen LogP contribution in [-0.2, 0) is 0 Å². The summed E-state index contributed by atoms with van der Waals surface area (Å²) in [6.07, 6.45) is 6.84. The minimum absolute atomic E-state index is 0.0903. The lowest BCUT2D eigenvalue weighted by atomic mass is 9.82. The number of halogens is 1. The highest BCUT2D eigenvalue weighted by atomic mass is 19.1. The zero-order chi connectivity index (χ0) is 14.8. The summed E-state index contributed by atoms with van der Waals surface area (Å²) in [6, 6.07) is 6.44. The van der Waals surface area contributed by atoms with Gasteiger partial charge >= 0.3 is 0 Å². The molecule has 1 N–H and O–H groups in total. The van der Waals surface area contributed by atoms with E-state index in [1.165, 1.54) is 32.1 Å². The molecule has 1 aromatic rings. The molecule has 2 unspecified atom stereocenters. The predicted molar refractivity (Wildman–Crippen MR) is 86.3 cm³/mol. The monoisotopic (exact) mass is 290 g/mol. The Labute approximate surface area is 127 Å². The van der Waals surface area contributed by atoms with E-state index in [2.05, 4.69) is 23.2 Å². The summed E-state index contributed by atoms with van der Waals surface area (Å²) in [5.41, 5.74) is 1.86. The molecule has 2 aliphatic rings. The Balaban J connectivity index is 1.78. The number of hydrogen-bond donors (Lipinski definition) is 1. The molecule has 2 fully saturated rings. The Kier molecular flexibility index (Phi) is 4.48. The van der Waals surface area contributed by atoms with Crippen molar-refractivity contribution in [3.05, 3.63) is 29.6 Å². The first-order chi connectivity index (χ1) is 10.2. The Morgan fingerprint density at radius 1 is 1.19 bits per heavy atom. The van der Waals surface area contributed by atoms with Crippen molar-refractivity contribution in [3.63, 3.8) is 0 Å². The van der Waals surface area contributed by atoms with Crippen LogP contribution < -0.4 is 10.2 Å². The van der Waals surface area contributed by atoms with E-state index < -0.39 is 0 Å². The molecule has 2 nitrogen and oxygen atoms in total. The Morgan fingerprint density at radius 2 is 1.95 bits per heavy atom. The molecule has 3 rings (SSSR count). The molecule has 21 heavy (non-hydrogen) atoms. The third kappa shape index (κ3) is 3.08. The van der Waals surface area contributed by atoms with Gasteiger partial charge in [0.25, 0.3) is 0 Å². The van der Waals surface area contributed by atoms with E-state index in [1.807, 2.05) is 13.0 Å². The lowest BCUT2D eigenvalue weighted by molar-refractivity contribution is 0.245. The molecular formula is C18H27FN2. The zero-order valence-electron chi connectivity index (χ0n) is 13.2. The molecule has 0 aromatic heterocycles. The van der Waals surface area contributed by atoms with Crippen LogP contribution in [0.2, 0.25) is 0 Å². The number of anilines is 1. The van der Waals surface area contributed by atoms with Gasteiger partial charge in [0.15, 0.2) is 0 Å². The van der Waals surface area contributed by atoms with E-state index in [4.69, 9.17) is 0 Å². The Hall–Kier alpha value is -1.09. The fourth-order valence-electron chi connectivity index (χ4n) is 3.98. The van der Waals surface area contributed by atoms with Crippen molar-refractivity contribution < 1.29 is 4.39 Å². The maximum absolute atomic E-state index is 13.9. The molecule has 0 bridgehead atoms. The summed E-state index contributed by atoms with van der Waals surface area (Å²) in [5.74, 6) is 0.704. The minimum atomic E-state index is -0.0903. The van der Waals surface area contributed by atoms with Crippen LogP contribution in [0.3, 0.4) is 0 Å². The Morgan fingerprint density at radius 3 is 2.71 bits per heavy atom. The number of nitrogens with one attached hydrogen (secondary N) is 1. The van der Waals surface area contributed by atoms with E-state index in [0.29, 0.717) is 12.1 Å². The summed E-state index contributed by atoms with van der Waals surface area (Å²) in [6.45, 7) is 6.14. The molecular weight excluding hydrogens is 263 g/mol. The van der Waals surface area contributed by atoms with Crippen molar-refractivity contribution in [1.29, 1.82) is 0 Å². The van der Waals surface area contributed by atoms with E-state index in [9.17, 15) is 4.39 Å². The van der Waals surface area contributed by atoms with Gasteiger partial charge in [0.2, 0.25) is 0 Å². The predicted octanol–water partition coefficient (Wildman–Crippen LogP) is 3.88. The summed E-state index contributed by atoms with van der Waals surface area (Å²) in [5, 5.41) is 3.74. The van der Waals surface area contributed by atoms with Gasteiger partial charge in [0.1, 0.15) is 5.82 Å². The van der Waals surface area contributed by atoms with Crippen LogP contribution >= 0.6 is 0 Å². The number of piperazine rings is 1. The number of benzene rings is 1. The second-order valence-corrected chi connectivity index (χ2v) is 6.80. The molecule has 0 radical (unpaired) electrons. The average Bonchev–Trinajstić information content (AvgIpc) is 2.52. The molecule has 1 heterocycles. The molecule has 3 heteroatoms. The molecule has 2 atom stereocenters. The summed E-state index contributed by atoms with van der Waals surface area (Å²) in [4.78, 5) is 2.41. The van der Waals surface area contributed by atoms with E-state index in [-0.39, 0.29) is 5.82 Å². The van der Waals surface area contributed by atoms with Crippen molar-refractivity contribution in [1.82, 2.24) is 5.32 Å². The van der Waals surface area contributed by atoms with Crippen LogP contribution in [0.1, 0.15) is 44.6 Å². The fraction of sp³-hybridized carbons (Fsp3) is 0.667. The van der Waals surface area contributed by atoms with Gasteiger partial charge in [-0.05, 0) is 44.7 Å². The molecule has 1 saturated heterocycles. The minimum Gasteiger partial charge on any atom is -0.366 e. The summed E-state index contributed by atoms with van der Waals surface area (Å²) < 4.78 is 13.9. The molecule has 1 aromatic carbocycles. The lowest BCUT2D eigenvalue weighted by Gasteiger charge is -2.44. The van der Waals surface area contributed by atoms with Crippen LogP contribution in [0.5, 0.6) is 0 Å². The van der Waals surface area contributed by atoms with Crippen molar-refractivity contribution >= 4 is 5.69 Å². The molecule has 0 spiro atoms. The lowest BCUT2D eigenvalue weighted by Crippen LogP contribution is -2.58. The second-order valence-electron chi connectivity index (χ2n) is 6.80. The number of nitrogens with zero attached hydrogens (tertiary/aromatic N) is 1.